The van der Waals surface area contributed by atoms with Gasteiger partial charge in [0.05, 0.1) is 5.52 Å². The van der Waals surface area contributed by atoms with Crippen LogP contribution in [0.25, 0.3) is 32.9 Å². The first kappa shape index (κ1) is 11.7. The lowest BCUT2D eigenvalue weighted by molar-refractivity contribution is 1.45. The minimum Gasteiger partial charge on any atom is -0.354 e. The molecular formula is C18H12BrN. The van der Waals surface area contributed by atoms with Crippen molar-refractivity contribution < 1.29 is 0 Å². The molecule has 0 spiro atoms. The largest absolute Gasteiger partial charge is 0.354 e. The normalized spacial score (nSPS) is 11.2. The van der Waals surface area contributed by atoms with Crippen molar-refractivity contribution in [1.29, 1.82) is 0 Å². The van der Waals surface area contributed by atoms with Gasteiger partial charge in [0.25, 0.3) is 0 Å². The molecule has 1 heterocycles. The summed E-state index contributed by atoms with van der Waals surface area (Å²) in [5.74, 6) is 0. The van der Waals surface area contributed by atoms with E-state index in [9.17, 15) is 0 Å². The van der Waals surface area contributed by atoms with Crippen molar-refractivity contribution in [2.75, 3.05) is 0 Å². The maximum atomic E-state index is 3.59. The first-order chi connectivity index (χ1) is 9.81. The van der Waals surface area contributed by atoms with Crippen molar-refractivity contribution in [1.82, 2.24) is 4.98 Å². The average molecular weight is 322 g/mol. The van der Waals surface area contributed by atoms with Crippen LogP contribution in [0.5, 0.6) is 0 Å². The third kappa shape index (κ3) is 1.84. The van der Waals surface area contributed by atoms with Crippen molar-refractivity contribution >= 4 is 37.6 Å². The van der Waals surface area contributed by atoms with Gasteiger partial charge in [-0.2, -0.15) is 0 Å². The summed E-state index contributed by atoms with van der Waals surface area (Å²) in [6, 6.07) is 23.5. The van der Waals surface area contributed by atoms with Crippen LogP contribution in [-0.4, -0.2) is 4.98 Å². The van der Waals surface area contributed by atoms with E-state index in [0.29, 0.717) is 0 Å². The zero-order chi connectivity index (χ0) is 13.5. The van der Waals surface area contributed by atoms with Gasteiger partial charge >= 0.3 is 0 Å². The first-order valence-electron chi connectivity index (χ1n) is 6.58. The van der Waals surface area contributed by atoms with Gasteiger partial charge in [-0.05, 0) is 50.5 Å². The number of H-pyrrole nitrogens is 1. The highest BCUT2D eigenvalue weighted by Gasteiger charge is 2.06. The summed E-state index contributed by atoms with van der Waals surface area (Å²) in [7, 11) is 0. The lowest BCUT2D eigenvalue weighted by Gasteiger charge is -2.01. The second-order valence-electron chi connectivity index (χ2n) is 4.95. The number of aromatic nitrogens is 1. The van der Waals surface area contributed by atoms with Crippen molar-refractivity contribution in [3.8, 4) is 11.3 Å². The number of para-hydroxylation sites is 1. The Morgan fingerprint density at radius 2 is 1.50 bits per heavy atom. The van der Waals surface area contributed by atoms with E-state index in [-0.39, 0.29) is 0 Å². The summed E-state index contributed by atoms with van der Waals surface area (Å²) in [5.41, 5.74) is 3.51. The van der Waals surface area contributed by atoms with E-state index < -0.39 is 0 Å². The van der Waals surface area contributed by atoms with Crippen molar-refractivity contribution in [2.45, 2.75) is 0 Å². The molecular weight excluding hydrogens is 310 g/mol. The van der Waals surface area contributed by atoms with Crippen molar-refractivity contribution in [3.63, 3.8) is 0 Å². The Bertz CT molecular complexity index is 921. The summed E-state index contributed by atoms with van der Waals surface area (Å²) in [4.78, 5) is 3.50. The van der Waals surface area contributed by atoms with Crippen molar-refractivity contribution in [2.24, 2.45) is 0 Å². The molecule has 1 aromatic heterocycles. The van der Waals surface area contributed by atoms with Gasteiger partial charge in [0.1, 0.15) is 0 Å². The first-order valence-corrected chi connectivity index (χ1v) is 7.37. The monoisotopic (exact) mass is 321 g/mol. The smallest absolute Gasteiger partial charge is 0.0603 e. The van der Waals surface area contributed by atoms with Crippen LogP contribution in [0.15, 0.2) is 71.2 Å². The molecule has 0 aliphatic carbocycles. The van der Waals surface area contributed by atoms with E-state index in [2.05, 4.69) is 87.6 Å². The van der Waals surface area contributed by atoms with Crippen molar-refractivity contribution in [3.05, 3.63) is 71.2 Å². The number of hydrogen-bond donors (Lipinski definition) is 1. The summed E-state index contributed by atoms with van der Waals surface area (Å²) in [6.45, 7) is 0. The third-order valence-electron chi connectivity index (χ3n) is 3.67. The average Bonchev–Trinajstić information content (AvgIpc) is 2.92. The van der Waals surface area contributed by atoms with Gasteiger partial charge in [-0.25, -0.2) is 0 Å². The third-order valence-corrected chi connectivity index (χ3v) is 4.33. The fourth-order valence-corrected chi connectivity index (χ4v) is 3.11. The molecule has 20 heavy (non-hydrogen) atoms. The van der Waals surface area contributed by atoms with Crippen LogP contribution < -0.4 is 0 Å². The molecule has 96 valence electrons. The Kier molecular flexibility index (Phi) is 2.64. The Balaban J connectivity index is 1.94. The van der Waals surface area contributed by atoms with Gasteiger partial charge in [-0.15, -0.1) is 0 Å². The van der Waals surface area contributed by atoms with Crippen LogP contribution in [0.2, 0.25) is 0 Å². The lowest BCUT2D eigenvalue weighted by atomic mass is 10.1. The fraction of sp³-hybridized carbons (Fsp3) is 0. The van der Waals surface area contributed by atoms with E-state index in [1.807, 2.05) is 0 Å². The quantitative estimate of drug-likeness (QED) is 0.459. The fourth-order valence-electron chi connectivity index (χ4n) is 2.63. The minimum atomic E-state index is 1.10. The summed E-state index contributed by atoms with van der Waals surface area (Å²) < 4.78 is 1.10. The summed E-state index contributed by atoms with van der Waals surface area (Å²) in [6.07, 6.45) is 0. The Morgan fingerprint density at radius 1 is 0.700 bits per heavy atom. The molecule has 1 nitrogen and oxygen atoms in total. The maximum Gasteiger partial charge on any atom is 0.0603 e. The van der Waals surface area contributed by atoms with Crippen LogP contribution >= 0.6 is 15.9 Å². The van der Waals surface area contributed by atoms with E-state index >= 15 is 0 Å². The van der Waals surface area contributed by atoms with Gasteiger partial charge < -0.3 is 4.98 Å². The molecule has 0 radical (unpaired) electrons. The number of benzene rings is 3. The number of nitrogens with one attached hydrogen (secondary N) is 1. The number of aromatic amines is 1. The van der Waals surface area contributed by atoms with Gasteiger partial charge in [0.2, 0.25) is 0 Å². The van der Waals surface area contributed by atoms with E-state index in [1.165, 1.54) is 21.7 Å². The van der Waals surface area contributed by atoms with Crippen LogP contribution in [-0.2, 0) is 0 Å². The molecule has 0 bridgehead atoms. The Hall–Kier alpha value is -2.06. The zero-order valence-electron chi connectivity index (χ0n) is 10.7. The van der Waals surface area contributed by atoms with E-state index in [4.69, 9.17) is 0 Å². The zero-order valence-corrected chi connectivity index (χ0v) is 12.3. The molecule has 2 heteroatoms. The van der Waals surface area contributed by atoms with Gasteiger partial charge in [-0.1, -0.05) is 48.5 Å². The molecule has 0 aliphatic heterocycles. The predicted octanol–water partition coefficient (Wildman–Crippen LogP) is 5.75. The van der Waals surface area contributed by atoms with Crippen LogP contribution in [0.4, 0.5) is 0 Å². The molecule has 0 saturated heterocycles. The summed E-state index contributed by atoms with van der Waals surface area (Å²) in [5, 5.41) is 3.76. The van der Waals surface area contributed by atoms with Gasteiger partial charge in [0, 0.05) is 15.6 Å². The molecule has 4 aromatic rings. The van der Waals surface area contributed by atoms with Gasteiger partial charge in [0.15, 0.2) is 0 Å². The second-order valence-corrected chi connectivity index (χ2v) is 5.80. The van der Waals surface area contributed by atoms with E-state index in [1.54, 1.807) is 0 Å². The predicted molar refractivity (Wildman–Crippen MR) is 88.9 cm³/mol. The summed E-state index contributed by atoms with van der Waals surface area (Å²) >= 11 is 3.59. The lowest BCUT2D eigenvalue weighted by Crippen LogP contribution is -1.78. The molecule has 1 N–H and O–H groups in total. The Morgan fingerprint density at radius 3 is 2.35 bits per heavy atom. The molecule has 0 unspecified atom stereocenters. The van der Waals surface area contributed by atoms with Gasteiger partial charge in [-0.3, -0.25) is 0 Å². The number of halogens is 1. The molecule has 0 aliphatic rings. The number of hydrogen-bond acceptors (Lipinski definition) is 0. The molecule has 4 rings (SSSR count). The Labute approximate surface area is 125 Å². The topological polar surface area (TPSA) is 15.8 Å². The highest BCUT2D eigenvalue weighted by atomic mass is 79.9. The molecule has 3 aromatic carbocycles. The van der Waals surface area contributed by atoms with Crippen LogP contribution in [0.3, 0.4) is 0 Å². The highest BCUT2D eigenvalue weighted by molar-refractivity contribution is 9.10. The SMILES string of the molecule is Brc1cccc2cc(-c3ccc4ccccc4c3)[nH]c12. The molecule has 0 fully saturated rings. The highest BCUT2D eigenvalue weighted by Crippen LogP contribution is 2.30. The standard InChI is InChI=1S/C18H12BrN/c19-16-7-3-6-15-11-17(20-18(15)16)14-9-8-12-4-1-2-5-13(12)10-14/h1-11,20H. The molecule has 0 atom stereocenters. The minimum absolute atomic E-state index is 1.10. The second kappa shape index (κ2) is 4.50. The number of rotatable bonds is 1. The molecule has 0 amide bonds. The molecule has 0 saturated carbocycles. The van der Waals surface area contributed by atoms with Crippen LogP contribution in [0, 0.1) is 0 Å². The van der Waals surface area contributed by atoms with E-state index in [0.717, 1.165) is 15.7 Å². The number of fused-ring (bicyclic) bond motifs is 2. The van der Waals surface area contributed by atoms with Crippen LogP contribution in [0.1, 0.15) is 0 Å². The maximum absolute atomic E-state index is 3.59.